The molecule has 0 aliphatic heterocycles. The molecule has 0 unspecified atom stereocenters. The van der Waals surface area contributed by atoms with Crippen LogP contribution in [0.5, 0.6) is 0 Å². The van der Waals surface area contributed by atoms with Crippen LogP contribution in [0.15, 0.2) is 243 Å². The Kier molecular flexibility index (Phi) is 13.3. The molecule has 298 valence electrons. The summed E-state index contributed by atoms with van der Waals surface area (Å²) in [4.78, 5) is 0. The normalized spacial score (nSPS) is 12.0. The van der Waals surface area contributed by atoms with E-state index in [0.29, 0.717) is 0 Å². The Bertz CT molecular complexity index is 2470. The fraction of sp³-hybridized carbons (Fsp3) is 0.107. The summed E-state index contributed by atoms with van der Waals surface area (Å²) in [6.07, 6.45) is 4.24. The van der Waals surface area contributed by atoms with E-state index >= 15 is 0 Å². The van der Waals surface area contributed by atoms with Crippen molar-refractivity contribution >= 4 is 80.3 Å². The fourth-order valence-electron chi connectivity index (χ4n) is 8.69. The molecule has 0 atom stereocenters. The molecule has 8 aromatic carbocycles. The quantitative estimate of drug-likeness (QED) is 0.0801. The van der Waals surface area contributed by atoms with Crippen LogP contribution in [0.25, 0.3) is 0 Å². The lowest BCUT2D eigenvalue weighted by molar-refractivity contribution is 0.900. The van der Waals surface area contributed by atoms with E-state index in [1.165, 1.54) is 42.4 Å². The second-order valence-electron chi connectivity index (χ2n) is 15.7. The lowest BCUT2D eigenvalue weighted by atomic mass is 10.4. The third-order valence-electron chi connectivity index (χ3n) is 11.9. The van der Waals surface area contributed by atoms with Gasteiger partial charge in [-0.15, -0.1) is 10.3 Å². The van der Waals surface area contributed by atoms with Crippen LogP contribution in [0, 0.1) is 0 Å². The minimum atomic E-state index is -2.22. The molecule has 0 bridgehead atoms. The Balaban J connectivity index is 1.39. The highest BCUT2D eigenvalue weighted by atomic mass is 31.2. The van der Waals surface area contributed by atoms with Gasteiger partial charge in [0.2, 0.25) is 0 Å². The molecular weight excluding hydrogens is 797 g/mol. The summed E-state index contributed by atoms with van der Waals surface area (Å²) in [5.74, 6) is 0. The Morgan fingerprint density at radius 1 is 0.250 bits per heavy atom. The van der Waals surface area contributed by atoms with Crippen molar-refractivity contribution in [1.29, 1.82) is 0 Å². The van der Waals surface area contributed by atoms with Crippen molar-refractivity contribution in [3.05, 3.63) is 243 Å². The molecule has 0 heterocycles. The smallest absolute Gasteiger partial charge is 0.0102 e. The molecule has 0 aromatic heterocycles. The van der Waals surface area contributed by atoms with Crippen LogP contribution in [-0.2, 0) is 0 Å². The number of rotatable bonds is 13. The van der Waals surface area contributed by atoms with Crippen LogP contribution >= 0.6 is 27.5 Å². The number of hydrogen-bond donors (Lipinski definition) is 0. The minimum Gasteiger partial charge on any atom is -0.115 e. The van der Waals surface area contributed by atoms with Crippen molar-refractivity contribution in [1.82, 2.24) is 0 Å². The Morgan fingerprint density at radius 2 is 0.417 bits per heavy atom. The van der Waals surface area contributed by atoms with Gasteiger partial charge in [-0.25, -0.2) is 0 Å². The van der Waals surface area contributed by atoms with Crippen LogP contribution in [0.1, 0.15) is 12.8 Å². The van der Waals surface area contributed by atoms with Crippen LogP contribution in [0.3, 0.4) is 0 Å². The van der Waals surface area contributed by atoms with E-state index in [1.807, 2.05) is 0 Å². The van der Waals surface area contributed by atoms with Gasteiger partial charge in [0, 0.05) is 0 Å². The van der Waals surface area contributed by atoms with Gasteiger partial charge in [0.25, 0.3) is 0 Å². The SMILES string of the molecule is CP(=C=P(CCCCP(=C=P(C)(c1ccccc1)c1ccccc1)(c1ccccc1)c1ccccc1)(c1ccccc1)c1ccccc1)(c1ccccc1)c1ccccc1. The average molecular weight is 851 g/mol. The van der Waals surface area contributed by atoms with Gasteiger partial charge in [-0.05, 0) is 108 Å². The van der Waals surface area contributed by atoms with Crippen molar-refractivity contribution in [2.45, 2.75) is 12.8 Å². The zero-order valence-electron chi connectivity index (χ0n) is 34.7. The van der Waals surface area contributed by atoms with Gasteiger partial charge in [-0.1, -0.05) is 243 Å². The van der Waals surface area contributed by atoms with Crippen molar-refractivity contribution in [3.63, 3.8) is 0 Å². The molecule has 0 spiro atoms. The second-order valence-corrected chi connectivity index (χ2v) is 29.6. The van der Waals surface area contributed by atoms with Crippen molar-refractivity contribution in [2.24, 2.45) is 0 Å². The molecule has 0 N–H and O–H groups in total. The summed E-state index contributed by atoms with van der Waals surface area (Å²) in [7, 11) is 0. The molecule has 8 rings (SSSR count). The molecule has 60 heavy (non-hydrogen) atoms. The standard InChI is InChI=1S/C56H54P4/c1-57(49-29-11-3-12-30-49,50-31-13-4-14-32-50)47-59(53-37-19-7-20-38-53,54-39-21-8-22-40-54)45-27-28-46-60(55-41-23-9-24-42-55,56-43-25-10-26-44-56)48-58(2,51-33-15-5-16-34-51)52-35-17-6-18-36-52/h3-26,29-44H,27-28,45-46H2,1-2H3. The van der Waals surface area contributed by atoms with Crippen molar-refractivity contribution in [3.8, 4) is 0 Å². The molecule has 0 aliphatic rings. The van der Waals surface area contributed by atoms with E-state index in [1.54, 1.807) is 0 Å². The number of benzene rings is 8. The highest BCUT2D eigenvalue weighted by Gasteiger charge is 2.29. The molecular formula is C56H54P4. The molecule has 0 saturated carbocycles. The highest BCUT2D eigenvalue weighted by Crippen LogP contribution is 2.54. The summed E-state index contributed by atoms with van der Waals surface area (Å²) in [5.41, 5.74) is 0. The predicted octanol–water partition coefficient (Wildman–Crippen LogP) is 11.0. The zero-order chi connectivity index (χ0) is 41.1. The number of hydrogen-bond acceptors (Lipinski definition) is 0. The second kappa shape index (κ2) is 19.2. The molecule has 0 saturated heterocycles. The molecule has 0 aliphatic carbocycles. The highest BCUT2D eigenvalue weighted by molar-refractivity contribution is 8.01. The first kappa shape index (κ1) is 41.8. The van der Waals surface area contributed by atoms with Crippen LogP contribution < -0.4 is 42.4 Å². The van der Waals surface area contributed by atoms with Gasteiger partial charge in [0.15, 0.2) is 0 Å². The molecule has 0 fully saturated rings. The summed E-state index contributed by atoms with van der Waals surface area (Å²) in [6, 6.07) is 90.5. The monoisotopic (exact) mass is 850 g/mol. The van der Waals surface area contributed by atoms with E-state index in [-0.39, 0.29) is 0 Å². The zero-order valence-corrected chi connectivity index (χ0v) is 38.3. The molecule has 4 heteroatoms. The molecule has 0 radical (unpaired) electrons. The largest absolute Gasteiger partial charge is 0.115 e. The molecule has 0 nitrogen and oxygen atoms in total. The van der Waals surface area contributed by atoms with Gasteiger partial charge in [0.05, 0.1) is 0 Å². The predicted molar refractivity (Wildman–Crippen MR) is 277 cm³/mol. The summed E-state index contributed by atoms with van der Waals surface area (Å²) in [6.45, 7) is -3.63. The molecule has 8 aromatic rings. The van der Waals surface area contributed by atoms with Crippen molar-refractivity contribution < 1.29 is 0 Å². The van der Waals surface area contributed by atoms with Gasteiger partial charge < -0.3 is 0 Å². The van der Waals surface area contributed by atoms with E-state index in [4.69, 9.17) is 0 Å². The van der Waals surface area contributed by atoms with E-state index in [9.17, 15) is 0 Å². The third kappa shape index (κ3) is 8.76. The van der Waals surface area contributed by atoms with Gasteiger partial charge in [-0.2, -0.15) is 0 Å². The topological polar surface area (TPSA) is 0 Å². The van der Waals surface area contributed by atoms with Crippen LogP contribution in [0.2, 0.25) is 0 Å². The third-order valence-corrected chi connectivity index (χ3v) is 29.8. The fourth-order valence-corrected chi connectivity index (χ4v) is 28.1. The van der Waals surface area contributed by atoms with Crippen molar-refractivity contribution in [2.75, 3.05) is 25.7 Å². The first-order chi connectivity index (χ1) is 29.5. The first-order valence-electron chi connectivity index (χ1n) is 21.0. The summed E-state index contributed by atoms with van der Waals surface area (Å²) < 4.78 is 0. The Hall–Kier alpha value is -4.96. The van der Waals surface area contributed by atoms with E-state index in [0.717, 1.165) is 25.2 Å². The maximum absolute atomic E-state index is 4.67. The first-order valence-corrected chi connectivity index (χ1v) is 29.4. The van der Waals surface area contributed by atoms with Crippen LogP contribution in [-0.4, -0.2) is 36.0 Å². The lowest BCUT2D eigenvalue weighted by Crippen LogP contribution is -2.24. The van der Waals surface area contributed by atoms with Gasteiger partial charge >= 0.3 is 0 Å². The van der Waals surface area contributed by atoms with Gasteiger partial charge in [0.1, 0.15) is 0 Å². The Morgan fingerprint density at radius 3 is 0.600 bits per heavy atom. The maximum atomic E-state index is 4.67. The number of unbranched alkanes of at least 4 members (excludes halogenated alkanes) is 1. The Labute approximate surface area is 359 Å². The van der Waals surface area contributed by atoms with E-state index < -0.39 is 27.5 Å². The molecule has 0 amide bonds. The summed E-state index contributed by atoms with van der Waals surface area (Å²) in [5, 5.41) is 20.5. The lowest BCUT2D eigenvalue weighted by Gasteiger charge is -2.31. The van der Waals surface area contributed by atoms with Crippen LogP contribution in [0.4, 0.5) is 0 Å². The minimum absolute atomic E-state index is 1.05. The maximum Gasteiger partial charge on any atom is -0.0102 e. The average Bonchev–Trinajstić information content (AvgIpc) is 3.34. The van der Waals surface area contributed by atoms with E-state index in [2.05, 4.69) is 266 Å². The van der Waals surface area contributed by atoms with Gasteiger partial charge in [-0.3, -0.25) is 0 Å². The summed E-state index contributed by atoms with van der Waals surface area (Å²) >= 11 is 0.